The van der Waals surface area contributed by atoms with Crippen LogP contribution < -0.4 is 5.90 Å². The van der Waals surface area contributed by atoms with E-state index in [0.29, 0.717) is 0 Å². The van der Waals surface area contributed by atoms with Crippen LogP contribution in [0.3, 0.4) is 0 Å². The van der Waals surface area contributed by atoms with Crippen LogP contribution in [0.2, 0.25) is 0 Å². The van der Waals surface area contributed by atoms with Crippen molar-refractivity contribution in [2.75, 3.05) is 6.61 Å². The third-order valence-electron chi connectivity index (χ3n) is 1.96. The fourth-order valence-corrected chi connectivity index (χ4v) is 1.21. The monoisotopic (exact) mass is 195 g/mol. The molecule has 1 rings (SSSR count). The van der Waals surface area contributed by atoms with Crippen molar-refractivity contribution in [3.05, 3.63) is 0 Å². The maximum Gasteiger partial charge on any atom is 0.206 e. The van der Waals surface area contributed by atoms with E-state index in [4.69, 9.17) is 20.8 Å². The van der Waals surface area contributed by atoms with Crippen LogP contribution >= 0.6 is 0 Å². The molecular weight excluding hydrogens is 182 g/mol. The Morgan fingerprint density at radius 2 is 2.00 bits per heavy atom. The second kappa shape index (κ2) is 4.29. The summed E-state index contributed by atoms with van der Waals surface area (Å²) < 4.78 is 4.83. The van der Waals surface area contributed by atoms with Crippen molar-refractivity contribution in [3.63, 3.8) is 0 Å². The normalized spacial score (nSPS) is 42.2. The van der Waals surface area contributed by atoms with Crippen molar-refractivity contribution < 1.29 is 30.0 Å². The number of hydrogen-bond acceptors (Lipinski definition) is 7. The molecule has 13 heavy (non-hydrogen) atoms. The molecule has 5 atom stereocenters. The van der Waals surface area contributed by atoms with Crippen LogP contribution in [0.15, 0.2) is 0 Å². The van der Waals surface area contributed by atoms with Crippen LogP contribution in [0.25, 0.3) is 0 Å². The Bertz CT molecular complexity index is 167. The Morgan fingerprint density at radius 3 is 2.38 bits per heavy atom. The molecule has 1 aliphatic rings. The molecule has 0 aromatic carbocycles. The van der Waals surface area contributed by atoms with Crippen molar-refractivity contribution in [2.24, 2.45) is 5.90 Å². The topological polar surface area (TPSA) is 125 Å². The lowest BCUT2D eigenvalue weighted by Crippen LogP contribution is -2.40. The van der Waals surface area contributed by atoms with Gasteiger partial charge in [-0.25, -0.2) is 5.90 Å². The van der Waals surface area contributed by atoms with Gasteiger partial charge in [0.1, 0.15) is 24.4 Å². The summed E-state index contributed by atoms with van der Waals surface area (Å²) in [5, 5.41) is 36.2. The highest BCUT2D eigenvalue weighted by Crippen LogP contribution is 2.23. The first kappa shape index (κ1) is 10.8. The Hall–Kier alpha value is -0.280. The summed E-state index contributed by atoms with van der Waals surface area (Å²) in [6.07, 6.45) is -6.19. The predicted molar refractivity (Wildman–Crippen MR) is 39.0 cm³/mol. The molecule has 1 aliphatic heterocycles. The number of rotatable bonds is 3. The minimum Gasteiger partial charge on any atom is -0.394 e. The number of ether oxygens (including phenoxy) is 1. The maximum atomic E-state index is 9.28. The predicted octanol–water partition coefficient (Wildman–Crippen LogP) is -3.32. The Morgan fingerprint density at radius 1 is 1.38 bits per heavy atom. The van der Waals surface area contributed by atoms with Crippen LogP contribution in [-0.4, -0.2) is 57.7 Å². The summed E-state index contributed by atoms with van der Waals surface area (Å²) >= 11 is 0. The van der Waals surface area contributed by atoms with Gasteiger partial charge in [-0.05, 0) is 0 Å². The first-order valence-corrected chi connectivity index (χ1v) is 3.78. The fraction of sp³-hybridized carbons (Fsp3) is 1.00. The van der Waals surface area contributed by atoms with E-state index in [-0.39, 0.29) is 0 Å². The van der Waals surface area contributed by atoms with Gasteiger partial charge in [0.2, 0.25) is 6.29 Å². The zero-order chi connectivity index (χ0) is 10.0. The summed E-state index contributed by atoms with van der Waals surface area (Å²) in [5.74, 6) is 4.75. The number of aliphatic hydroxyl groups excluding tert-OH is 4. The largest absolute Gasteiger partial charge is 0.394 e. The molecule has 0 aliphatic carbocycles. The van der Waals surface area contributed by atoms with Gasteiger partial charge in [0.25, 0.3) is 0 Å². The third kappa shape index (κ3) is 1.97. The highest BCUT2D eigenvalue weighted by molar-refractivity contribution is 4.90. The van der Waals surface area contributed by atoms with Crippen LogP contribution in [-0.2, 0) is 9.57 Å². The van der Waals surface area contributed by atoms with E-state index in [1.54, 1.807) is 0 Å². The third-order valence-corrected chi connectivity index (χ3v) is 1.96. The molecule has 0 amide bonds. The first-order chi connectivity index (χ1) is 6.11. The summed E-state index contributed by atoms with van der Waals surface area (Å²) in [5.41, 5.74) is 0. The lowest BCUT2D eigenvalue weighted by molar-refractivity contribution is -0.182. The zero-order valence-corrected chi connectivity index (χ0v) is 6.78. The fourth-order valence-electron chi connectivity index (χ4n) is 1.21. The van der Waals surface area contributed by atoms with E-state index >= 15 is 0 Å². The summed E-state index contributed by atoms with van der Waals surface area (Å²) in [6.45, 7) is -0.578. The van der Waals surface area contributed by atoms with Crippen LogP contribution in [0.5, 0.6) is 0 Å². The molecule has 78 valence electrons. The molecule has 0 aromatic heterocycles. The van der Waals surface area contributed by atoms with Crippen molar-refractivity contribution in [1.29, 1.82) is 0 Å². The minimum absolute atomic E-state index is 0.578. The smallest absolute Gasteiger partial charge is 0.206 e. The first-order valence-electron chi connectivity index (χ1n) is 3.78. The molecule has 7 heteroatoms. The van der Waals surface area contributed by atoms with Gasteiger partial charge >= 0.3 is 0 Å². The lowest BCUT2D eigenvalue weighted by Gasteiger charge is -2.18. The van der Waals surface area contributed by atoms with Gasteiger partial charge in [0, 0.05) is 0 Å². The molecule has 1 fully saturated rings. The van der Waals surface area contributed by atoms with Crippen molar-refractivity contribution >= 4 is 0 Å². The van der Waals surface area contributed by atoms with Gasteiger partial charge in [-0.1, -0.05) is 0 Å². The molecule has 0 saturated carbocycles. The standard InChI is InChI=1S/C6H13NO6/c7-13-6-4(11)3(10)5(12-6)2(9)1-8/h2-6,8-11H,1,7H2/t2-,3+,4-,5-,6-/m1/s1. The molecular formula is C6H13NO6. The number of hydrogen-bond donors (Lipinski definition) is 5. The van der Waals surface area contributed by atoms with Crippen molar-refractivity contribution in [1.82, 2.24) is 0 Å². The maximum absolute atomic E-state index is 9.28. The number of nitrogens with two attached hydrogens (primary N) is 1. The van der Waals surface area contributed by atoms with Crippen LogP contribution in [0.1, 0.15) is 0 Å². The molecule has 0 aromatic rings. The average Bonchev–Trinajstić information content (AvgIpc) is 2.43. The van der Waals surface area contributed by atoms with Crippen LogP contribution in [0.4, 0.5) is 0 Å². The Kier molecular flexibility index (Phi) is 3.56. The van der Waals surface area contributed by atoms with Gasteiger partial charge < -0.3 is 25.2 Å². The Labute approximate surface area is 74.3 Å². The second-order valence-electron chi connectivity index (χ2n) is 2.84. The SMILES string of the molecule is NO[C@H]1O[C@H]([C@H](O)CO)[C@@H](O)[C@H]1O. The van der Waals surface area contributed by atoms with E-state index in [9.17, 15) is 10.2 Å². The van der Waals surface area contributed by atoms with Gasteiger partial charge in [0.05, 0.1) is 6.61 Å². The lowest BCUT2D eigenvalue weighted by atomic mass is 10.1. The summed E-state index contributed by atoms with van der Waals surface area (Å²) in [7, 11) is 0. The van der Waals surface area contributed by atoms with Crippen molar-refractivity contribution in [2.45, 2.75) is 30.7 Å². The molecule has 0 bridgehead atoms. The van der Waals surface area contributed by atoms with Gasteiger partial charge in [0.15, 0.2) is 0 Å². The molecule has 1 heterocycles. The minimum atomic E-state index is -1.32. The molecule has 1 saturated heterocycles. The van der Waals surface area contributed by atoms with E-state index < -0.39 is 37.3 Å². The van der Waals surface area contributed by atoms with Gasteiger partial charge in [-0.15, -0.1) is 0 Å². The summed E-state index contributed by atoms with van der Waals surface area (Å²) in [4.78, 5) is 4.19. The van der Waals surface area contributed by atoms with E-state index in [2.05, 4.69) is 4.84 Å². The Balaban J connectivity index is 2.60. The van der Waals surface area contributed by atoms with E-state index in [1.165, 1.54) is 0 Å². The highest BCUT2D eigenvalue weighted by atomic mass is 16.8. The highest BCUT2D eigenvalue weighted by Gasteiger charge is 2.46. The van der Waals surface area contributed by atoms with Crippen molar-refractivity contribution in [3.8, 4) is 0 Å². The molecule has 0 unspecified atom stereocenters. The van der Waals surface area contributed by atoms with Gasteiger partial charge in [-0.3, -0.25) is 4.84 Å². The van der Waals surface area contributed by atoms with E-state index in [1.807, 2.05) is 0 Å². The zero-order valence-electron chi connectivity index (χ0n) is 6.78. The quantitative estimate of drug-likeness (QED) is 0.298. The summed E-state index contributed by atoms with van der Waals surface area (Å²) in [6, 6.07) is 0. The second-order valence-corrected chi connectivity index (χ2v) is 2.84. The molecule has 0 radical (unpaired) electrons. The molecule has 6 N–H and O–H groups in total. The number of aliphatic hydroxyl groups is 4. The average molecular weight is 195 g/mol. The molecule has 0 spiro atoms. The van der Waals surface area contributed by atoms with Crippen LogP contribution in [0, 0.1) is 0 Å². The van der Waals surface area contributed by atoms with E-state index in [0.717, 1.165) is 0 Å². The molecule has 7 nitrogen and oxygen atoms in total. The van der Waals surface area contributed by atoms with Gasteiger partial charge in [-0.2, -0.15) is 0 Å².